The Morgan fingerprint density at radius 3 is 2.45 bits per heavy atom. The van der Waals surface area contributed by atoms with Gasteiger partial charge in [-0.1, -0.05) is 36.8 Å². The molecule has 2 aliphatic rings. The van der Waals surface area contributed by atoms with Gasteiger partial charge in [-0.15, -0.1) is 0 Å². The van der Waals surface area contributed by atoms with Crippen LogP contribution in [0.5, 0.6) is 0 Å². The summed E-state index contributed by atoms with van der Waals surface area (Å²) in [5, 5.41) is 3.81. The zero-order chi connectivity index (χ0) is 14.2. The van der Waals surface area contributed by atoms with Gasteiger partial charge in [0.1, 0.15) is 0 Å². The van der Waals surface area contributed by atoms with E-state index in [2.05, 4.69) is 56.4 Å². The lowest BCUT2D eigenvalue weighted by atomic mass is 9.69. The van der Waals surface area contributed by atoms with E-state index in [4.69, 9.17) is 0 Å². The summed E-state index contributed by atoms with van der Waals surface area (Å²) in [6.07, 6.45) is 7.13. The molecule has 1 aromatic rings. The second-order valence-electron chi connectivity index (χ2n) is 8.21. The van der Waals surface area contributed by atoms with Crippen molar-refractivity contribution in [2.45, 2.75) is 58.4 Å². The number of rotatable bonds is 4. The first-order chi connectivity index (χ1) is 9.47. The van der Waals surface area contributed by atoms with Crippen LogP contribution in [0.15, 0.2) is 30.3 Å². The zero-order valence-corrected chi connectivity index (χ0v) is 13.3. The summed E-state index contributed by atoms with van der Waals surface area (Å²) in [5.74, 6) is 1.95. The van der Waals surface area contributed by atoms with Gasteiger partial charge in [0.25, 0.3) is 0 Å². The van der Waals surface area contributed by atoms with Gasteiger partial charge in [-0.25, -0.2) is 0 Å². The van der Waals surface area contributed by atoms with Crippen molar-refractivity contribution in [2.24, 2.45) is 17.3 Å². The Morgan fingerprint density at radius 2 is 1.90 bits per heavy atom. The van der Waals surface area contributed by atoms with Crippen LogP contribution in [0.3, 0.4) is 0 Å². The lowest BCUT2D eigenvalue weighted by molar-refractivity contribution is 0.143. The molecule has 20 heavy (non-hydrogen) atoms. The predicted octanol–water partition coefficient (Wildman–Crippen LogP) is 4.42. The third-order valence-corrected chi connectivity index (χ3v) is 5.47. The van der Waals surface area contributed by atoms with Crippen LogP contribution in [0.1, 0.15) is 52.0 Å². The van der Waals surface area contributed by atoms with Gasteiger partial charge >= 0.3 is 0 Å². The molecule has 3 unspecified atom stereocenters. The van der Waals surface area contributed by atoms with Crippen LogP contribution in [0.2, 0.25) is 0 Å². The molecule has 1 nitrogen and oxygen atoms in total. The SMILES string of the molecule is CC(C)(C)NCC1(Cc2ccccc2)CC2CCC1C2. The monoisotopic (exact) mass is 271 g/mol. The molecule has 0 saturated heterocycles. The van der Waals surface area contributed by atoms with Crippen molar-refractivity contribution in [3.8, 4) is 0 Å². The van der Waals surface area contributed by atoms with E-state index in [-0.39, 0.29) is 5.54 Å². The molecule has 0 spiro atoms. The van der Waals surface area contributed by atoms with Crippen LogP contribution >= 0.6 is 0 Å². The Morgan fingerprint density at radius 1 is 1.15 bits per heavy atom. The van der Waals surface area contributed by atoms with Gasteiger partial charge in [0.2, 0.25) is 0 Å². The van der Waals surface area contributed by atoms with Crippen molar-refractivity contribution in [3.63, 3.8) is 0 Å². The molecule has 1 heteroatoms. The van der Waals surface area contributed by atoms with E-state index in [9.17, 15) is 0 Å². The Labute approximate surface area is 124 Å². The summed E-state index contributed by atoms with van der Waals surface area (Å²) < 4.78 is 0. The minimum absolute atomic E-state index is 0.228. The molecule has 3 rings (SSSR count). The maximum atomic E-state index is 3.81. The van der Waals surface area contributed by atoms with E-state index in [0.29, 0.717) is 5.41 Å². The van der Waals surface area contributed by atoms with Gasteiger partial charge in [-0.05, 0) is 69.3 Å². The number of hydrogen-bond acceptors (Lipinski definition) is 1. The van der Waals surface area contributed by atoms with Crippen molar-refractivity contribution in [1.82, 2.24) is 5.32 Å². The maximum absolute atomic E-state index is 3.81. The van der Waals surface area contributed by atoms with E-state index in [1.165, 1.54) is 44.2 Å². The Kier molecular flexibility index (Phi) is 3.66. The molecule has 0 amide bonds. The molecular formula is C19H29N. The van der Waals surface area contributed by atoms with Gasteiger partial charge in [-0.3, -0.25) is 0 Å². The van der Waals surface area contributed by atoms with Crippen LogP contribution in [0, 0.1) is 17.3 Å². The Bertz CT molecular complexity index is 445. The van der Waals surface area contributed by atoms with Gasteiger partial charge < -0.3 is 5.32 Å². The number of benzene rings is 1. The summed E-state index contributed by atoms with van der Waals surface area (Å²) in [6.45, 7) is 8.05. The number of nitrogens with one attached hydrogen (secondary N) is 1. The first-order valence-electron chi connectivity index (χ1n) is 8.26. The highest BCUT2D eigenvalue weighted by Crippen LogP contribution is 2.57. The Balaban J connectivity index is 1.78. The van der Waals surface area contributed by atoms with Crippen LogP contribution < -0.4 is 5.32 Å². The summed E-state index contributed by atoms with van der Waals surface area (Å²) in [6, 6.07) is 11.1. The van der Waals surface area contributed by atoms with Crippen LogP contribution in [0.4, 0.5) is 0 Å². The smallest absolute Gasteiger partial charge is 0.00967 e. The summed E-state index contributed by atoms with van der Waals surface area (Å²) in [4.78, 5) is 0. The zero-order valence-electron chi connectivity index (χ0n) is 13.3. The van der Waals surface area contributed by atoms with Gasteiger partial charge in [0.15, 0.2) is 0 Å². The highest BCUT2D eigenvalue weighted by atomic mass is 15.0. The second kappa shape index (κ2) is 5.18. The molecule has 2 fully saturated rings. The molecule has 2 saturated carbocycles. The molecule has 1 aromatic carbocycles. The fraction of sp³-hybridized carbons (Fsp3) is 0.684. The van der Waals surface area contributed by atoms with Crippen LogP contribution in [-0.2, 0) is 6.42 Å². The fourth-order valence-corrected chi connectivity index (χ4v) is 4.50. The highest BCUT2D eigenvalue weighted by molar-refractivity contribution is 5.19. The molecule has 0 radical (unpaired) electrons. The molecule has 0 aromatic heterocycles. The minimum Gasteiger partial charge on any atom is -0.311 e. The fourth-order valence-electron chi connectivity index (χ4n) is 4.50. The minimum atomic E-state index is 0.228. The standard InChI is InChI=1S/C19H29N/c1-18(2,3)20-14-19(12-15-7-5-4-6-8-15)13-16-9-10-17(19)11-16/h4-8,16-17,20H,9-14H2,1-3H3. The van der Waals surface area contributed by atoms with E-state index in [0.717, 1.165) is 11.8 Å². The second-order valence-corrected chi connectivity index (χ2v) is 8.21. The van der Waals surface area contributed by atoms with E-state index < -0.39 is 0 Å². The van der Waals surface area contributed by atoms with E-state index in [1.807, 2.05) is 0 Å². The molecule has 110 valence electrons. The first kappa shape index (κ1) is 14.1. The maximum Gasteiger partial charge on any atom is 0.00967 e. The lowest BCUT2D eigenvalue weighted by Crippen LogP contribution is -2.47. The van der Waals surface area contributed by atoms with Crippen molar-refractivity contribution in [2.75, 3.05) is 6.54 Å². The van der Waals surface area contributed by atoms with Crippen molar-refractivity contribution in [3.05, 3.63) is 35.9 Å². The summed E-state index contributed by atoms with van der Waals surface area (Å²) >= 11 is 0. The van der Waals surface area contributed by atoms with Gasteiger partial charge in [-0.2, -0.15) is 0 Å². The van der Waals surface area contributed by atoms with Crippen molar-refractivity contribution >= 4 is 0 Å². The van der Waals surface area contributed by atoms with Crippen molar-refractivity contribution < 1.29 is 0 Å². The lowest BCUT2D eigenvalue weighted by Gasteiger charge is -2.40. The summed E-state index contributed by atoms with van der Waals surface area (Å²) in [5.41, 5.74) is 2.26. The molecule has 0 aliphatic heterocycles. The average Bonchev–Trinajstić information content (AvgIpc) is 2.98. The topological polar surface area (TPSA) is 12.0 Å². The first-order valence-corrected chi connectivity index (χ1v) is 8.26. The van der Waals surface area contributed by atoms with Gasteiger partial charge in [0.05, 0.1) is 0 Å². The molecule has 0 heterocycles. The van der Waals surface area contributed by atoms with Gasteiger partial charge in [0, 0.05) is 12.1 Å². The predicted molar refractivity (Wildman–Crippen MR) is 85.8 cm³/mol. The molecular weight excluding hydrogens is 242 g/mol. The molecule has 3 atom stereocenters. The molecule has 2 aliphatic carbocycles. The van der Waals surface area contributed by atoms with Crippen LogP contribution in [0.25, 0.3) is 0 Å². The highest BCUT2D eigenvalue weighted by Gasteiger charge is 2.50. The summed E-state index contributed by atoms with van der Waals surface area (Å²) in [7, 11) is 0. The molecule has 2 bridgehead atoms. The number of hydrogen-bond donors (Lipinski definition) is 1. The third kappa shape index (κ3) is 2.93. The largest absolute Gasteiger partial charge is 0.311 e. The van der Waals surface area contributed by atoms with E-state index >= 15 is 0 Å². The van der Waals surface area contributed by atoms with E-state index in [1.54, 1.807) is 0 Å². The van der Waals surface area contributed by atoms with Crippen LogP contribution in [-0.4, -0.2) is 12.1 Å². The average molecular weight is 271 g/mol. The van der Waals surface area contributed by atoms with Crippen molar-refractivity contribution in [1.29, 1.82) is 0 Å². The normalized spacial score (nSPS) is 32.8. The quantitative estimate of drug-likeness (QED) is 0.854. The molecule has 1 N–H and O–H groups in total. The third-order valence-electron chi connectivity index (χ3n) is 5.47. The number of fused-ring (bicyclic) bond motifs is 2. The Hall–Kier alpha value is -0.820.